The minimum atomic E-state index is -4.00. The number of hydrogen-bond acceptors (Lipinski definition) is 4. The molecule has 29 heavy (non-hydrogen) atoms. The van der Waals surface area contributed by atoms with Gasteiger partial charge >= 0.3 is 0 Å². The van der Waals surface area contributed by atoms with Crippen molar-refractivity contribution >= 4 is 32.4 Å². The van der Waals surface area contributed by atoms with Crippen LogP contribution in [0.2, 0.25) is 0 Å². The molecule has 2 aromatic carbocycles. The Morgan fingerprint density at radius 2 is 1.97 bits per heavy atom. The van der Waals surface area contributed by atoms with E-state index in [0.29, 0.717) is 23.3 Å². The van der Waals surface area contributed by atoms with Crippen LogP contribution in [0.4, 0.5) is 14.5 Å². The van der Waals surface area contributed by atoms with Crippen LogP contribution in [0.15, 0.2) is 59.8 Å². The van der Waals surface area contributed by atoms with Crippen molar-refractivity contribution in [1.29, 1.82) is 0 Å². The van der Waals surface area contributed by atoms with Crippen LogP contribution in [-0.4, -0.2) is 36.7 Å². The topological polar surface area (TPSA) is 79.4 Å². The minimum absolute atomic E-state index is 0.0617. The predicted octanol–water partition coefficient (Wildman–Crippen LogP) is 3.55. The lowest BCUT2D eigenvalue weighted by atomic mass is 10.2. The summed E-state index contributed by atoms with van der Waals surface area (Å²) in [6.45, 7) is 1.38. The standard InChI is InChI=1S/C20H19F2N3O3S/c1-2-10-25(13-20(26)24-18-7-6-15(21)11-17(18)22)29(27,28)19-5-3-4-14-12-23-9-8-16(14)19/h3-9,11-12H,2,10,13H2,1H3,(H,24,26). The number of sulfonamides is 1. The van der Waals surface area contributed by atoms with Crippen molar-refractivity contribution in [1.82, 2.24) is 9.29 Å². The number of carbonyl (C=O) groups excluding carboxylic acids is 1. The Morgan fingerprint density at radius 3 is 2.69 bits per heavy atom. The van der Waals surface area contributed by atoms with E-state index in [-0.39, 0.29) is 17.1 Å². The molecule has 3 rings (SSSR count). The number of nitrogens with zero attached hydrogens (tertiary/aromatic N) is 2. The number of hydrogen-bond donors (Lipinski definition) is 1. The van der Waals surface area contributed by atoms with E-state index in [1.165, 1.54) is 12.3 Å². The van der Waals surface area contributed by atoms with Gasteiger partial charge in [-0.05, 0) is 30.7 Å². The molecule has 1 aromatic heterocycles. The van der Waals surface area contributed by atoms with E-state index in [1.54, 1.807) is 31.3 Å². The number of carbonyl (C=O) groups is 1. The molecule has 152 valence electrons. The molecule has 0 aliphatic carbocycles. The molecule has 1 N–H and O–H groups in total. The lowest BCUT2D eigenvalue weighted by molar-refractivity contribution is -0.116. The van der Waals surface area contributed by atoms with Gasteiger partial charge in [-0.2, -0.15) is 4.31 Å². The van der Waals surface area contributed by atoms with Gasteiger partial charge in [0.1, 0.15) is 11.6 Å². The molecule has 1 heterocycles. The zero-order chi connectivity index (χ0) is 21.0. The average molecular weight is 419 g/mol. The number of amides is 1. The molecule has 0 unspecified atom stereocenters. The Labute approximate surface area is 167 Å². The minimum Gasteiger partial charge on any atom is -0.322 e. The monoisotopic (exact) mass is 419 g/mol. The Hall–Kier alpha value is -2.91. The van der Waals surface area contributed by atoms with Crippen LogP contribution in [0, 0.1) is 11.6 Å². The first-order valence-corrected chi connectivity index (χ1v) is 10.3. The highest BCUT2D eigenvalue weighted by Crippen LogP contribution is 2.25. The van der Waals surface area contributed by atoms with Crippen molar-refractivity contribution < 1.29 is 22.0 Å². The number of benzene rings is 2. The fourth-order valence-electron chi connectivity index (χ4n) is 2.93. The summed E-state index contributed by atoms with van der Waals surface area (Å²) in [7, 11) is -4.00. The molecule has 0 radical (unpaired) electrons. The lowest BCUT2D eigenvalue weighted by Gasteiger charge is -2.22. The fraction of sp³-hybridized carbons (Fsp3) is 0.200. The smallest absolute Gasteiger partial charge is 0.244 e. The van der Waals surface area contributed by atoms with E-state index in [1.807, 2.05) is 0 Å². The summed E-state index contributed by atoms with van der Waals surface area (Å²) >= 11 is 0. The molecule has 0 atom stereocenters. The quantitative estimate of drug-likeness (QED) is 0.635. The van der Waals surface area contributed by atoms with Crippen molar-refractivity contribution in [2.45, 2.75) is 18.2 Å². The van der Waals surface area contributed by atoms with Crippen LogP contribution in [0.3, 0.4) is 0 Å². The number of pyridine rings is 1. The first-order chi connectivity index (χ1) is 13.8. The highest BCUT2D eigenvalue weighted by molar-refractivity contribution is 7.89. The zero-order valence-corrected chi connectivity index (χ0v) is 16.4. The van der Waals surface area contributed by atoms with Crippen molar-refractivity contribution in [3.05, 3.63) is 66.5 Å². The van der Waals surface area contributed by atoms with Gasteiger partial charge in [-0.25, -0.2) is 17.2 Å². The van der Waals surface area contributed by atoms with Gasteiger partial charge < -0.3 is 5.32 Å². The van der Waals surface area contributed by atoms with Crippen molar-refractivity contribution in [2.24, 2.45) is 0 Å². The molecule has 9 heteroatoms. The molecule has 0 aliphatic rings. The van der Waals surface area contributed by atoms with E-state index >= 15 is 0 Å². The van der Waals surface area contributed by atoms with Crippen molar-refractivity contribution in [3.8, 4) is 0 Å². The maximum Gasteiger partial charge on any atom is 0.244 e. The number of halogens is 2. The lowest BCUT2D eigenvalue weighted by Crippen LogP contribution is -2.38. The second kappa shape index (κ2) is 8.62. The maximum absolute atomic E-state index is 13.8. The summed E-state index contributed by atoms with van der Waals surface area (Å²) in [6.07, 6.45) is 3.53. The second-order valence-corrected chi connectivity index (χ2v) is 8.27. The number of aromatic nitrogens is 1. The summed E-state index contributed by atoms with van der Waals surface area (Å²) < 4.78 is 54.3. The third kappa shape index (κ3) is 4.57. The number of fused-ring (bicyclic) bond motifs is 1. The third-order valence-electron chi connectivity index (χ3n) is 4.26. The first-order valence-electron chi connectivity index (χ1n) is 8.90. The van der Waals surface area contributed by atoms with E-state index in [4.69, 9.17) is 0 Å². The highest BCUT2D eigenvalue weighted by atomic mass is 32.2. The molecule has 3 aromatic rings. The van der Waals surface area contributed by atoms with Crippen molar-refractivity contribution in [2.75, 3.05) is 18.4 Å². The summed E-state index contributed by atoms with van der Waals surface area (Å²) in [5.41, 5.74) is -0.221. The van der Waals surface area contributed by atoms with Crippen LogP contribution >= 0.6 is 0 Å². The SMILES string of the molecule is CCCN(CC(=O)Nc1ccc(F)cc1F)S(=O)(=O)c1cccc2cnccc12. The molecule has 0 saturated carbocycles. The Balaban J connectivity index is 1.89. The van der Waals surface area contributed by atoms with Gasteiger partial charge in [0.15, 0.2) is 0 Å². The van der Waals surface area contributed by atoms with Gasteiger partial charge in [-0.1, -0.05) is 19.1 Å². The summed E-state index contributed by atoms with van der Waals surface area (Å²) in [5.74, 6) is -2.44. The first kappa shape index (κ1) is 20.8. The fourth-order valence-corrected chi connectivity index (χ4v) is 4.63. The second-order valence-electron chi connectivity index (χ2n) is 6.36. The maximum atomic E-state index is 13.8. The molecule has 0 bridgehead atoms. The molecule has 0 spiro atoms. The molecular weight excluding hydrogens is 400 g/mol. The zero-order valence-electron chi connectivity index (χ0n) is 15.6. The average Bonchev–Trinajstić information content (AvgIpc) is 2.69. The third-order valence-corrected chi connectivity index (χ3v) is 6.16. The van der Waals surface area contributed by atoms with Gasteiger partial charge in [0, 0.05) is 35.8 Å². The van der Waals surface area contributed by atoms with E-state index in [2.05, 4.69) is 10.3 Å². The normalized spacial score (nSPS) is 11.7. The van der Waals surface area contributed by atoms with Gasteiger partial charge in [0.25, 0.3) is 0 Å². The van der Waals surface area contributed by atoms with Crippen LogP contribution in [0.1, 0.15) is 13.3 Å². The van der Waals surface area contributed by atoms with E-state index in [0.717, 1.165) is 16.4 Å². The molecular formula is C20H19F2N3O3S. The van der Waals surface area contributed by atoms with Gasteiger partial charge in [0.05, 0.1) is 17.1 Å². The number of rotatable bonds is 7. The molecule has 1 amide bonds. The molecule has 0 fully saturated rings. The molecule has 6 nitrogen and oxygen atoms in total. The van der Waals surface area contributed by atoms with Gasteiger partial charge in [-0.3, -0.25) is 9.78 Å². The predicted molar refractivity (Wildman–Crippen MR) is 106 cm³/mol. The van der Waals surface area contributed by atoms with Crippen LogP contribution < -0.4 is 5.32 Å². The summed E-state index contributed by atoms with van der Waals surface area (Å²) in [4.78, 5) is 16.4. The van der Waals surface area contributed by atoms with Crippen molar-refractivity contribution in [3.63, 3.8) is 0 Å². The highest BCUT2D eigenvalue weighted by Gasteiger charge is 2.27. The van der Waals surface area contributed by atoms with Crippen LogP contribution in [0.25, 0.3) is 10.8 Å². The van der Waals surface area contributed by atoms with E-state index < -0.39 is 34.1 Å². The van der Waals surface area contributed by atoms with E-state index in [9.17, 15) is 22.0 Å². The largest absolute Gasteiger partial charge is 0.322 e. The van der Waals surface area contributed by atoms with Crippen LogP contribution in [0.5, 0.6) is 0 Å². The number of anilines is 1. The number of nitrogens with one attached hydrogen (secondary N) is 1. The van der Waals surface area contributed by atoms with Gasteiger partial charge in [0.2, 0.25) is 15.9 Å². The summed E-state index contributed by atoms with van der Waals surface area (Å²) in [6, 6.07) is 9.14. The molecule has 0 saturated heterocycles. The molecule has 0 aliphatic heterocycles. The Kier molecular flexibility index (Phi) is 6.19. The Bertz CT molecular complexity index is 1150. The van der Waals surface area contributed by atoms with Gasteiger partial charge in [-0.15, -0.1) is 0 Å². The van der Waals surface area contributed by atoms with Crippen LogP contribution in [-0.2, 0) is 14.8 Å². The summed E-state index contributed by atoms with van der Waals surface area (Å²) in [5, 5.41) is 3.44. The Morgan fingerprint density at radius 1 is 1.17 bits per heavy atom.